The average molecular weight is 338 g/mol. The van der Waals surface area contributed by atoms with Crippen LogP contribution in [0.15, 0.2) is 24.3 Å². The Bertz CT molecular complexity index is 715. The van der Waals surface area contributed by atoms with Gasteiger partial charge in [0.05, 0.1) is 11.0 Å². The minimum absolute atomic E-state index is 0.0174. The number of nitrogens with zero attached hydrogens (tertiary/aromatic N) is 1. The van der Waals surface area contributed by atoms with E-state index in [1.165, 1.54) is 0 Å². The summed E-state index contributed by atoms with van der Waals surface area (Å²) < 4.78 is 23.8. The molecule has 1 heterocycles. The van der Waals surface area contributed by atoms with Crippen molar-refractivity contribution in [1.29, 1.82) is 0 Å². The van der Waals surface area contributed by atoms with E-state index in [1.54, 1.807) is 49.9 Å². The molecule has 0 unspecified atom stereocenters. The normalized spacial score (nSPS) is 23.3. The molecule has 126 valence electrons. The molecule has 2 rings (SSSR count). The van der Waals surface area contributed by atoms with E-state index in [4.69, 9.17) is 0 Å². The van der Waals surface area contributed by atoms with Crippen molar-refractivity contribution in [2.75, 3.05) is 17.6 Å². The predicted molar refractivity (Wildman–Crippen MR) is 89.1 cm³/mol. The number of carbonyl (C=O) groups excluding carboxylic acids is 2. The topological polar surface area (TPSA) is 83.6 Å². The number of hydrogen-bond donors (Lipinski definition) is 1. The molecule has 0 spiro atoms. The summed E-state index contributed by atoms with van der Waals surface area (Å²) in [4.78, 5) is 25.7. The highest BCUT2D eigenvalue weighted by Gasteiger charge is 2.38. The molecule has 2 amide bonds. The molecular weight excluding hydrogens is 316 g/mol. The maximum atomic E-state index is 12.7. The van der Waals surface area contributed by atoms with Crippen molar-refractivity contribution in [3.63, 3.8) is 0 Å². The molecule has 0 bridgehead atoms. The second kappa shape index (κ2) is 6.70. The lowest BCUT2D eigenvalue weighted by Crippen LogP contribution is -2.54. The second-order valence-electron chi connectivity index (χ2n) is 5.79. The van der Waals surface area contributed by atoms with E-state index >= 15 is 0 Å². The number of rotatable bonds is 3. The Hall–Kier alpha value is -1.89. The van der Waals surface area contributed by atoms with Crippen molar-refractivity contribution in [2.45, 2.75) is 38.5 Å². The summed E-state index contributed by atoms with van der Waals surface area (Å²) in [7, 11) is -3.14. The minimum Gasteiger partial charge on any atom is -0.334 e. The quantitative estimate of drug-likeness (QED) is 0.909. The second-order valence-corrected chi connectivity index (χ2v) is 8.27. The molecule has 1 aliphatic heterocycles. The van der Waals surface area contributed by atoms with Gasteiger partial charge in [-0.1, -0.05) is 13.0 Å². The molecule has 1 N–H and O–H groups in total. The third kappa shape index (κ3) is 3.72. The van der Waals surface area contributed by atoms with Crippen LogP contribution >= 0.6 is 0 Å². The average Bonchev–Trinajstić information content (AvgIpc) is 2.52. The highest BCUT2D eigenvalue weighted by molar-refractivity contribution is 7.92. The van der Waals surface area contributed by atoms with Crippen molar-refractivity contribution in [2.24, 2.45) is 0 Å². The first kappa shape index (κ1) is 17.5. The van der Waals surface area contributed by atoms with Crippen LogP contribution in [0.25, 0.3) is 0 Å². The SMILES string of the molecule is CCC(=O)Nc1cccc(C(=O)N2CCS(=O)(=O)[C@@H](C)[C@@H]2C)c1. The third-order valence-corrected chi connectivity index (χ3v) is 6.61. The summed E-state index contributed by atoms with van der Waals surface area (Å²) in [6.45, 7) is 5.33. The lowest BCUT2D eigenvalue weighted by Gasteiger charge is -2.37. The fraction of sp³-hybridized carbons (Fsp3) is 0.500. The summed E-state index contributed by atoms with van der Waals surface area (Å²) in [5, 5.41) is 2.14. The Morgan fingerprint density at radius 2 is 2.00 bits per heavy atom. The van der Waals surface area contributed by atoms with Crippen LogP contribution < -0.4 is 5.32 Å². The maximum absolute atomic E-state index is 12.7. The van der Waals surface area contributed by atoms with E-state index in [2.05, 4.69) is 5.32 Å². The molecule has 1 aliphatic rings. The molecule has 7 heteroatoms. The van der Waals surface area contributed by atoms with Crippen molar-refractivity contribution in [1.82, 2.24) is 4.90 Å². The Kier molecular flexibility index (Phi) is 5.09. The van der Waals surface area contributed by atoms with Crippen LogP contribution in [0, 0.1) is 0 Å². The van der Waals surface area contributed by atoms with Crippen LogP contribution in [-0.4, -0.2) is 48.7 Å². The van der Waals surface area contributed by atoms with Crippen LogP contribution in [0.5, 0.6) is 0 Å². The number of hydrogen-bond acceptors (Lipinski definition) is 4. The summed E-state index contributed by atoms with van der Waals surface area (Å²) in [6, 6.07) is 6.33. The van der Waals surface area contributed by atoms with Crippen molar-refractivity contribution < 1.29 is 18.0 Å². The van der Waals surface area contributed by atoms with Gasteiger partial charge in [-0.15, -0.1) is 0 Å². The number of nitrogens with one attached hydrogen (secondary N) is 1. The maximum Gasteiger partial charge on any atom is 0.254 e. The van der Waals surface area contributed by atoms with Crippen LogP contribution in [0.3, 0.4) is 0 Å². The van der Waals surface area contributed by atoms with E-state index in [-0.39, 0.29) is 30.2 Å². The molecule has 1 fully saturated rings. The molecule has 2 atom stereocenters. The fourth-order valence-electron chi connectivity index (χ4n) is 2.60. The molecule has 23 heavy (non-hydrogen) atoms. The van der Waals surface area contributed by atoms with Crippen molar-refractivity contribution >= 4 is 27.3 Å². The Morgan fingerprint density at radius 1 is 1.30 bits per heavy atom. The fourth-order valence-corrected chi connectivity index (χ4v) is 4.17. The summed E-state index contributed by atoms with van der Waals surface area (Å²) >= 11 is 0. The molecule has 1 aromatic rings. The van der Waals surface area contributed by atoms with Gasteiger partial charge in [-0.25, -0.2) is 8.42 Å². The van der Waals surface area contributed by atoms with Crippen LogP contribution in [-0.2, 0) is 14.6 Å². The van der Waals surface area contributed by atoms with Gasteiger partial charge in [0.1, 0.15) is 0 Å². The van der Waals surface area contributed by atoms with Gasteiger partial charge in [0, 0.05) is 30.3 Å². The number of amides is 2. The number of benzene rings is 1. The Morgan fingerprint density at radius 3 is 2.65 bits per heavy atom. The van der Waals surface area contributed by atoms with Gasteiger partial charge in [-0.3, -0.25) is 9.59 Å². The smallest absolute Gasteiger partial charge is 0.254 e. The van der Waals surface area contributed by atoms with Crippen molar-refractivity contribution in [3.05, 3.63) is 29.8 Å². The van der Waals surface area contributed by atoms with Gasteiger partial charge < -0.3 is 10.2 Å². The number of carbonyl (C=O) groups is 2. The summed E-state index contributed by atoms with van der Waals surface area (Å²) in [5.41, 5.74) is 1.00. The molecule has 0 aromatic heterocycles. The predicted octanol–water partition coefficient (Wildman–Crippen LogP) is 1.68. The van der Waals surface area contributed by atoms with Gasteiger partial charge in [0.25, 0.3) is 5.91 Å². The first-order chi connectivity index (χ1) is 10.8. The van der Waals surface area contributed by atoms with Crippen molar-refractivity contribution in [3.8, 4) is 0 Å². The Balaban J connectivity index is 2.21. The van der Waals surface area contributed by atoms with Gasteiger partial charge in [0.15, 0.2) is 9.84 Å². The van der Waals surface area contributed by atoms with Crippen LogP contribution in [0.1, 0.15) is 37.6 Å². The number of anilines is 1. The van der Waals surface area contributed by atoms with Gasteiger partial charge in [-0.2, -0.15) is 0 Å². The highest BCUT2D eigenvalue weighted by atomic mass is 32.2. The third-order valence-electron chi connectivity index (χ3n) is 4.33. The molecule has 0 aliphatic carbocycles. The van der Waals surface area contributed by atoms with Gasteiger partial charge >= 0.3 is 0 Å². The van der Waals surface area contributed by atoms with E-state index in [1.807, 2.05) is 0 Å². The lowest BCUT2D eigenvalue weighted by molar-refractivity contribution is -0.115. The summed E-state index contributed by atoms with van der Waals surface area (Å²) in [5.74, 6) is -0.358. The van der Waals surface area contributed by atoms with E-state index in [0.717, 1.165) is 0 Å². The zero-order chi connectivity index (χ0) is 17.2. The largest absolute Gasteiger partial charge is 0.334 e. The number of sulfone groups is 1. The highest BCUT2D eigenvalue weighted by Crippen LogP contribution is 2.22. The molecule has 1 saturated heterocycles. The van der Waals surface area contributed by atoms with Crippen LogP contribution in [0.4, 0.5) is 5.69 Å². The molecular formula is C16H22N2O4S. The first-order valence-electron chi connectivity index (χ1n) is 7.68. The standard InChI is InChI=1S/C16H22N2O4S/c1-4-15(19)17-14-7-5-6-13(10-14)16(20)18-8-9-23(21,22)12(3)11(18)2/h5-7,10-12H,4,8-9H2,1-3H3,(H,17,19)/t11-,12-/m0/s1. The molecule has 0 saturated carbocycles. The Labute approximate surface area is 136 Å². The van der Waals surface area contributed by atoms with E-state index in [0.29, 0.717) is 17.7 Å². The minimum atomic E-state index is -3.14. The van der Waals surface area contributed by atoms with Gasteiger partial charge in [-0.05, 0) is 32.0 Å². The monoisotopic (exact) mass is 338 g/mol. The molecule has 6 nitrogen and oxygen atoms in total. The van der Waals surface area contributed by atoms with Gasteiger partial charge in [0.2, 0.25) is 5.91 Å². The first-order valence-corrected chi connectivity index (χ1v) is 9.40. The van der Waals surface area contributed by atoms with Crippen LogP contribution in [0.2, 0.25) is 0 Å². The summed E-state index contributed by atoms with van der Waals surface area (Å²) in [6.07, 6.45) is 0.358. The zero-order valence-electron chi connectivity index (χ0n) is 13.6. The molecule has 0 radical (unpaired) electrons. The zero-order valence-corrected chi connectivity index (χ0v) is 14.4. The molecule has 1 aromatic carbocycles. The van der Waals surface area contributed by atoms with E-state index in [9.17, 15) is 18.0 Å². The van der Waals surface area contributed by atoms with E-state index < -0.39 is 15.1 Å². The lowest BCUT2D eigenvalue weighted by atomic mass is 10.1.